The first-order chi connectivity index (χ1) is 7.86. The van der Waals surface area contributed by atoms with E-state index in [2.05, 4.69) is 6.07 Å². The molecule has 0 radical (unpaired) electrons. The molecular weight excluding hydrogens is 219 g/mol. The quantitative estimate of drug-likeness (QED) is 0.658. The van der Waals surface area contributed by atoms with Crippen molar-refractivity contribution in [1.82, 2.24) is 0 Å². The van der Waals surface area contributed by atoms with Gasteiger partial charge in [0.15, 0.2) is 4.90 Å². The molecule has 2 aromatic carbocycles. The van der Waals surface area contributed by atoms with E-state index in [0.29, 0.717) is 10.9 Å². The highest BCUT2D eigenvalue weighted by molar-refractivity contribution is 7.97. The molecule has 1 aliphatic rings. The van der Waals surface area contributed by atoms with Crippen molar-refractivity contribution in [3.8, 4) is 0 Å². The topological polar surface area (TPSA) is 0 Å². The van der Waals surface area contributed by atoms with Crippen LogP contribution in [0, 0.1) is 5.82 Å². The number of benzene rings is 2. The molecule has 1 aliphatic heterocycles. The molecule has 1 saturated heterocycles. The van der Waals surface area contributed by atoms with Gasteiger partial charge >= 0.3 is 0 Å². The van der Waals surface area contributed by atoms with E-state index in [1.165, 1.54) is 29.2 Å². The van der Waals surface area contributed by atoms with Crippen molar-refractivity contribution in [3.63, 3.8) is 0 Å². The Kier molecular flexibility index (Phi) is 2.60. The smallest absolute Gasteiger partial charge is 0.162 e. The number of halogens is 1. The van der Waals surface area contributed by atoms with E-state index >= 15 is 0 Å². The average molecular weight is 233 g/mol. The summed E-state index contributed by atoms with van der Waals surface area (Å²) >= 11 is 0. The van der Waals surface area contributed by atoms with Crippen molar-refractivity contribution in [3.05, 3.63) is 42.2 Å². The van der Waals surface area contributed by atoms with Gasteiger partial charge in [0.2, 0.25) is 0 Å². The predicted octanol–water partition coefficient (Wildman–Crippen LogP) is 3.75. The molecule has 3 rings (SSSR count). The Hall–Kier alpha value is -1.02. The lowest BCUT2D eigenvalue weighted by molar-refractivity contribution is 0.639. The second-order valence-electron chi connectivity index (χ2n) is 4.20. The van der Waals surface area contributed by atoms with Crippen LogP contribution in [0.3, 0.4) is 0 Å². The van der Waals surface area contributed by atoms with Crippen LogP contribution in [0.1, 0.15) is 12.8 Å². The normalized spacial score (nSPS) is 17.1. The second-order valence-corrected chi connectivity index (χ2v) is 6.44. The third-order valence-corrected chi connectivity index (χ3v) is 5.71. The average Bonchev–Trinajstić information content (AvgIpc) is 2.83. The van der Waals surface area contributed by atoms with Crippen LogP contribution >= 0.6 is 0 Å². The van der Waals surface area contributed by atoms with Crippen LogP contribution in [0.25, 0.3) is 10.8 Å². The van der Waals surface area contributed by atoms with Crippen LogP contribution in [-0.4, -0.2) is 11.5 Å². The monoisotopic (exact) mass is 233 g/mol. The molecule has 0 nitrogen and oxygen atoms in total. The van der Waals surface area contributed by atoms with Crippen molar-refractivity contribution in [2.75, 3.05) is 11.5 Å². The zero-order valence-electron chi connectivity index (χ0n) is 9.08. The third-order valence-electron chi connectivity index (χ3n) is 3.17. The number of fused-ring (bicyclic) bond motifs is 1. The summed E-state index contributed by atoms with van der Waals surface area (Å²) in [5.41, 5.74) is 0. The van der Waals surface area contributed by atoms with E-state index in [1.807, 2.05) is 24.3 Å². The van der Waals surface area contributed by atoms with Gasteiger partial charge < -0.3 is 0 Å². The molecule has 2 aromatic rings. The van der Waals surface area contributed by atoms with Crippen molar-refractivity contribution in [2.45, 2.75) is 17.7 Å². The van der Waals surface area contributed by atoms with E-state index in [0.717, 1.165) is 10.8 Å². The molecule has 0 saturated carbocycles. The van der Waals surface area contributed by atoms with Gasteiger partial charge in [-0.3, -0.25) is 0 Å². The Balaban J connectivity index is 2.21. The van der Waals surface area contributed by atoms with Gasteiger partial charge in [0.05, 0.1) is 0 Å². The molecule has 0 amide bonds. The van der Waals surface area contributed by atoms with Crippen molar-refractivity contribution < 1.29 is 4.39 Å². The largest absolute Gasteiger partial charge is 0.206 e. The maximum atomic E-state index is 13.7. The number of hydrogen-bond donors (Lipinski definition) is 0. The maximum Gasteiger partial charge on any atom is 0.162 e. The fraction of sp³-hybridized carbons (Fsp3) is 0.286. The summed E-state index contributed by atoms with van der Waals surface area (Å²) in [7, 11) is 0.360. The molecule has 0 spiro atoms. The first kappa shape index (κ1) is 10.2. The Morgan fingerprint density at radius 1 is 0.875 bits per heavy atom. The lowest BCUT2D eigenvalue weighted by Gasteiger charge is -2.05. The minimum Gasteiger partial charge on any atom is -0.206 e. The molecule has 0 N–H and O–H groups in total. The van der Waals surface area contributed by atoms with Crippen molar-refractivity contribution in [2.24, 2.45) is 0 Å². The zero-order valence-corrected chi connectivity index (χ0v) is 9.90. The van der Waals surface area contributed by atoms with Gasteiger partial charge in [-0.15, -0.1) is 0 Å². The summed E-state index contributed by atoms with van der Waals surface area (Å²) in [4.78, 5) is 1.37. The van der Waals surface area contributed by atoms with E-state index < -0.39 is 0 Å². The predicted molar refractivity (Wildman–Crippen MR) is 68.5 cm³/mol. The summed E-state index contributed by atoms with van der Waals surface area (Å²) in [6.07, 6.45) is 2.66. The molecular formula is C14H14FS+. The summed E-state index contributed by atoms with van der Waals surface area (Å²) in [6, 6.07) is 11.5. The van der Waals surface area contributed by atoms with Crippen LogP contribution in [0.2, 0.25) is 0 Å². The Bertz CT molecular complexity index is 515. The zero-order chi connectivity index (χ0) is 11.0. The Labute approximate surface area is 97.8 Å². The van der Waals surface area contributed by atoms with E-state index in [4.69, 9.17) is 0 Å². The van der Waals surface area contributed by atoms with Crippen molar-refractivity contribution >= 4 is 21.7 Å². The number of hydrogen-bond acceptors (Lipinski definition) is 0. The summed E-state index contributed by atoms with van der Waals surface area (Å²) in [5, 5.41) is 1.90. The summed E-state index contributed by atoms with van der Waals surface area (Å²) < 4.78 is 13.7. The molecule has 0 bridgehead atoms. The Morgan fingerprint density at radius 3 is 2.31 bits per heavy atom. The van der Waals surface area contributed by atoms with Crippen LogP contribution in [0.15, 0.2) is 41.3 Å². The van der Waals surface area contributed by atoms with Crippen LogP contribution in [-0.2, 0) is 10.9 Å². The highest BCUT2D eigenvalue weighted by atomic mass is 32.2. The molecule has 1 heterocycles. The highest BCUT2D eigenvalue weighted by Crippen LogP contribution is 2.30. The SMILES string of the molecule is Fc1ccc([S+]2CCCC2)c2ccccc12. The van der Waals surface area contributed by atoms with Crippen molar-refractivity contribution in [1.29, 1.82) is 0 Å². The van der Waals surface area contributed by atoms with Gasteiger partial charge in [-0.2, -0.15) is 0 Å². The molecule has 82 valence electrons. The van der Waals surface area contributed by atoms with E-state index in [1.54, 1.807) is 6.07 Å². The molecule has 2 heteroatoms. The van der Waals surface area contributed by atoms with Crippen LogP contribution in [0.5, 0.6) is 0 Å². The standard InChI is InChI=1S/C14H14FS/c15-13-7-8-14(16-9-3-4-10-16)12-6-2-1-5-11(12)13/h1-2,5-8H,3-4,9-10H2/q+1. The molecule has 0 atom stereocenters. The van der Waals surface area contributed by atoms with Gasteiger partial charge in [0, 0.05) is 21.7 Å². The Morgan fingerprint density at radius 2 is 1.56 bits per heavy atom. The molecule has 1 fully saturated rings. The second kappa shape index (κ2) is 4.10. The molecule has 16 heavy (non-hydrogen) atoms. The summed E-state index contributed by atoms with van der Waals surface area (Å²) in [6.45, 7) is 0. The minimum atomic E-state index is -0.0952. The molecule has 0 unspecified atom stereocenters. The molecule has 0 aromatic heterocycles. The summed E-state index contributed by atoms with van der Waals surface area (Å²) in [5.74, 6) is 2.48. The van der Waals surface area contributed by atoms with E-state index in [-0.39, 0.29) is 5.82 Å². The van der Waals surface area contributed by atoms with Gasteiger partial charge in [-0.05, 0) is 31.0 Å². The number of rotatable bonds is 1. The van der Waals surface area contributed by atoms with Crippen LogP contribution in [0.4, 0.5) is 4.39 Å². The lowest BCUT2D eigenvalue weighted by atomic mass is 10.1. The maximum absolute atomic E-state index is 13.7. The van der Waals surface area contributed by atoms with E-state index in [9.17, 15) is 4.39 Å². The van der Waals surface area contributed by atoms with Gasteiger partial charge in [-0.25, -0.2) is 4.39 Å². The molecule has 0 aliphatic carbocycles. The first-order valence-electron chi connectivity index (χ1n) is 5.71. The fourth-order valence-electron chi connectivity index (χ4n) is 2.36. The van der Waals surface area contributed by atoms with Gasteiger partial charge in [-0.1, -0.05) is 18.2 Å². The fourth-order valence-corrected chi connectivity index (χ4v) is 4.86. The van der Waals surface area contributed by atoms with Gasteiger partial charge in [0.25, 0.3) is 0 Å². The first-order valence-corrected chi connectivity index (χ1v) is 7.27. The highest BCUT2D eigenvalue weighted by Gasteiger charge is 2.28. The van der Waals surface area contributed by atoms with Crippen LogP contribution < -0.4 is 0 Å². The lowest BCUT2D eigenvalue weighted by Crippen LogP contribution is -2.04. The third kappa shape index (κ3) is 1.61. The minimum absolute atomic E-state index is 0.0952. The van der Waals surface area contributed by atoms with Gasteiger partial charge in [0.1, 0.15) is 17.3 Å².